The highest BCUT2D eigenvalue weighted by atomic mass is 79.9. The van der Waals surface area contributed by atoms with Gasteiger partial charge >= 0.3 is 0 Å². The maximum Gasteiger partial charge on any atom is 0.0174 e. The SMILES string of the molecule is CC1CC(C2CC(C)C(C3CC(C)C(Br)CC3C)CC2C)C(C)CC1Br. The van der Waals surface area contributed by atoms with E-state index in [0.717, 1.165) is 68.8 Å². The van der Waals surface area contributed by atoms with Crippen LogP contribution in [0.4, 0.5) is 0 Å². The zero-order valence-electron chi connectivity index (χ0n) is 17.9. The summed E-state index contributed by atoms with van der Waals surface area (Å²) in [6, 6.07) is 0. The molecule has 0 heterocycles. The number of hydrogen-bond acceptors (Lipinski definition) is 0. The molecule has 3 fully saturated rings. The maximum atomic E-state index is 3.95. The molecule has 3 rings (SSSR count). The summed E-state index contributed by atoms with van der Waals surface area (Å²) in [7, 11) is 0. The van der Waals surface area contributed by atoms with E-state index >= 15 is 0 Å². The minimum atomic E-state index is 0.750. The first kappa shape index (κ1) is 21.7. The predicted molar refractivity (Wildman–Crippen MR) is 122 cm³/mol. The minimum absolute atomic E-state index is 0.750. The van der Waals surface area contributed by atoms with Crippen molar-refractivity contribution in [2.45, 2.75) is 89.7 Å². The van der Waals surface area contributed by atoms with Gasteiger partial charge in [-0.1, -0.05) is 73.4 Å². The molecule has 0 aromatic rings. The van der Waals surface area contributed by atoms with Crippen molar-refractivity contribution in [2.75, 3.05) is 0 Å². The van der Waals surface area contributed by atoms with Gasteiger partial charge in [0, 0.05) is 9.65 Å². The zero-order chi connectivity index (χ0) is 19.2. The fourth-order valence-electron chi connectivity index (χ4n) is 7.20. The predicted octanol–water partition coefficient (Wildman–Crippen LogP) is 8.18. The maximum absolute atomic E-state index is 3.95. The Balaban J connectivity index is 1.67. The van der Waals surface area contributed by atoms with E-state index in [1.807, 2.05) is 0 Å². The van der Waals surface area contributed by atoms with Crippen LogP contribution in [-0.2, 0) is 0 Å². The third-order valence-corrected chi connectivity index (χ3v) is 11.6. The van der Waals surface area contributed by atoms with Gasteiger partial charge in [-0.25, -0.2) is 0 Å². The molecule has 3 aliphatic carbocycles. The van der Waals surface area contributed by atoms with Crippen LogP contribution in [0.15, 0.2) is 0 Å². The molecular formula is C24H42Br2. The monoisotopic (exact) mass is 488 g/mol. The molecule has 0 aromatic carbocycles. The van der Waals surface area contributed by atoms with Gasteiger partial charge in [-0.05, 0) is 97.7 Å². The van der Waals surface area contributed by atoms with Crippen LogP contribution in [0.5, 0.6) is 0 Å². The zero-order valence-corrected chi connectivity index (χ0v) is 21.1. The number of halogens is 2. The first-order valence-electron chi connectivity index (χ1n) is 11.5. The topological polar surface area (TPSA) is 0 Å². The number of hydrogen-bond donors (Lipinski definition) is 0. The Bertz CT molecular complexity index is 421. The van der Waals surface area contributed by atoms with Gasteiger partial charge in [-0.3, -0.25) is 0 Å². The lowest BCUT2D eigenvalue weighted by atomic mass is 9.55. The van der Waals surface area contributed by atoms with Crippen molar-refractivity contribution in [3.05, 3.63) is 0 Å². The van der Waals surface area contributed by atoms with Crippen LogP contribution in [0.1, 0.15) is 80.1 Å². The Morgan fingerprint density at radius 3 is 0.923 bits per heavy atom. The highest BCUT2D eigenvalue weighted by Gasteiger charge is 2.45. The van der Waals surface area contributed by atoms with E-state index in [9.17, 15) is 0 Å². The molecule has 152 valence electrons. The Kier molecular flexibility index (Phi) is 7.30. The molecule has 0 spiro atoms. The quantitative estimate of drug-likeness (QED) is 0.343. The third kappa shape index (κ3) is 4.42. The Morgan fingerprint density at radius 1 is 0.385 bits per heavy atom. The molecule has 0 amide bonds. The van der Waals surface area contributed by atoms with Gasteiger partial charge < -0.3 is 0 Å². The van der Waals surface area contributed by atoms with E-state index in [2.05, 4.69) is 73.4 Å². The summed E-state index contributed by atoms with van der Waals surface area (Å²) in [5.74, 6) is 9.22. The molecule has 0 saturated heterocycles. The average Bonchev–Trinajstić information content (AvgIpc) is 2.56. The Labute approximate surface area is 180 Å². The van der Waals surface area contributed by atoms with Crippen LogP contribution in [-0.4, -0.2) is 9.65 Å². The summed E-state index contributed by atoms with van der Waals surface area (Å²) in [5.41, 5.74) is 0. The van der Waals surface area contributed by atoms with E-state index in [4.69, 9.17) is 0 Å². The molecule has 12 unspecified atom stereocenters. The van der Waals surface area contributed by atoms with Gasteiger partial charge in [0.2, 0.25) is 0 Å². The molecule has 12 atom stereocenters. The van der Waals surface area contributed by atoms with Crippen LogP contribution in [0, 0.1) is 59.2 Å². The van der Waals surface area contributed by atoms with E-state index < -0.39 is 0 Å². The second kappa shape index (κ2) is 8.76. The van der Waals surface area contributed by atoms with Crippen LogP contribution >= 0.6 is 31.9 Å². The van der Waals surface area contributed by atoms with Gasteiger partial charge in [0.1, 0.15) is 0 Å². The van der Waals surface area contributed by atoms with E-state index in [-0.39, 0.29) is 0 Å². The molecule has 0 aliphatic heterocycles. The van der Waals surface area contributed by atoms with Gasteiger partial charge in [0.05, 0.1) is 0 Å². The third-order valence-electron chi connectivity index (χ3n) is 9.03. The van der Waals surface area contributed by atoms with Gasteiger partial charge in [-0.2, -0.15) is 0 Å². The largest absolute Gasteiger partial charge is 0.0888 e. The van der Waals surface area contributed by atoms with Gasteiger partial charge in [0.15, 0.2) is 0 Å². The van der Waals surface area contributed by atoms with Gasteiger partial charge in [0.25, 0.3) is 0 Å². The van der Waals surface area contributed by atoms with Crippen LogP contribution < -0.4 is 0 Å². The average molecular weight is 490 g/mol. The van der Waals surface area contributed by atoms with E-state index in [0.29, 0.717) is 0 Å². The summed E-state index contributed by atoms with van der Waals surface area (Å²) in [4.78, 5) is 1.50. The fraction of sp³-hybridized carbons (Fsp3) is 1.00. The Morgan fingerprint density at radius 2 is 0.615 bits per heavy atom. The normalized spacial score (nSPS) is 56.3. The molecule has 0 bridgehead atoms. The minimum Gasteiger partial charge on any atom is -0.0888 e. The van der Waals surface area contributed by atoms with Crippen molar-refractivity contribution in [1.82, 2.24) is 0 Å². The first-order chi connectivity index (χ1) is 12.2. The lowest BCUT2D eigenvalue weighted by Gasteiger charge is -2.51. The summed E-state index contributed by atoms with van der Waals surface area (Å²) < 4.78 is 0. The molecule has 0 nitrogen and oxygen atoms in total. The highest BCUT2D eigenvalue weighted by molar-refractivity contribution is 9.09. The highest BCUT2D eigenvalue weighted by Crippen LogP contribution is 2.53. The van der Waals surface area contributed by atoms with Gasteiger partial charge in [-0.15, -0.1) is 0 Å². The molecule has 3 saturated carbocycles. The van der Waals surface area contributed by atoms with Crippen molar-refractivity contribution in [3.63, 3.8) is 0 Å². The lowest BCUT2D eigenvalue weighted by Crippen LogP contribution is -2.44. The van der Waals surface area contributed by atoms with Crippen LogP contribution in [0.25, 0.3) is 0 Å². The van der Waals surface area contributed by atoms with Crippen LogP contribution in [0.2, 0.25) is 0 Å². The van der Waals surface area contributed by atoms with Crippen molar-refractivity contribution < 1.29 is 0 Å². The number of alkyl halides is 2. The van der Waals surface area contributed by atoms with Crippen molar-refractivity contribution in [3.8, 4) is 0 Å². The second-order valence-corrected chi connectivity index (χ2v) is 13.3. The number of rotatable bonds is 2. The summed E-state index contributed by atoms with van der Waals surface area (Å²) >= 11 is 7.89. The fourth-order valence-corrected chi connectivity index (χ4v) is 8.81. The van der Waals surface area contributed by atoms with Crippen LogP contribution in [0.3, 0.4) is 0 Å². The molecule has 3 aliphatic rings. The lowest BCUT2D eigenvalue weighted by molar-refractivity contribution is -0.00420. The molecule has 0 N–H and O–H groups in total. The smallest absolute Gasteiger partial charge is 0.0174 e. The first-order valence-corrected chi connectivity index (χ1v) is 13.3. The van der Waals surface area contributed by atoms with Crippen molar-refractivity contribution in [1.29, 1.82) is 0 Å². The molecular weight excluding hydrogens is 448 g/mol. The second-order valence-electron chi connectivity index (χ2n) is 11.0. The van der Waals surface area contributed by atoms with E-state index in [1.54, 1.807) is 0 Å². The summed E-state index contributed by atoms with van der Waals surface area (Å²) in [6.45, 7) is 15.2. The van der Waals surface area contributed by atoms with Crippen molar-refractivity contribution in [2.24, 2.45) is 59.2 Å². The Hall–Kier alpha value is 0.960. The summed E-state index contributed by atoms with van der Waals surface area (Å²) in [6.07, 6.45) is 8.66. The van der Waals surface area contributed by atoms with Crippen molar-refractivity contribution >= 4 is 31.9 Å². The standard InChI is InChI=1S/C24H42Br2/c1-13-7-20(22-10-18(6)24(26)12-16(22)4)14(2)8-19(13)21-9-17(5)23(25)11-15(21)3/h13-24H,7-12H2,1-6H3. The summed E-state index contributed by atoms with van der Waals surface area (Å²) in [5, 5.41) is 0. The molecule has 0 radical (unpaired) electrons. The molecule has 26 heavy (non-hydrogen) atoms. The molecule has 0 aromatic heterocycles. The van der Waals surface area contributed by atoms with E-state index in [1.165, 1.54) is 38.5 Å². The molecule has 2 heteroatoms.